The van der Waals surface area contributed by atoms with Gasteiger partial charge in [-0.2, -0.15) is 0 Å². The second-order valence-electron chi connectivity index (χ2n) is 11.6. The molecule has 0 amide bonds. The summed E-state index contributed by atoms with van der Waals surface area (Å²) >= 11 is 6.89. The summed E-state index contributed by atoms with van der Waals surface area (Å²) in [5.41, 5.74) is 4.22. The molecule has 1 aromatic heterocycles. The van der Waals surface area contributed by atoms with Gasteiger partial charge in [0.25, 0.3) is 0 Å². The smallest absolute Gasteiger partial charge is 0.339 e. The molecule has 5 fully saturated rings. The molecule has 4 saturated carbocycles. The Morgan fingerprint density at radius 3 is 2.60 bits per heavy atom. The Balaban J connectivity index is 1.13. The number of nitrogens with zero attached hydrogens (tertiary/aromatic N) is 2. The van der Waals surface area contributed by atoms with Crippen molar-refractivity contribution in [2.24, 2.45) is 17.8 Å². The fourth-order valence-electron chi connectivity index (χ4n) is 8.03. The molecule has 1 atom stereocenters. The van der Waals surface area contributed by atoms with Gasteiger partial charge in [-0.25, -0.2) is 4.79 Å². The third kappa shape index (κ3) is 4.58. The highest BCUT2D eigenvalue weighted by Gasteiger charge is 2.51. The number of benzene rings is 1. The van der Waals surface area contributed by atoms with Crippen LogP contribution >= 0.6 is 11.6 Å². The third-order valence-corrected chi connectivity index (χ3v) is 9.47. The van der Waals surface area contributed by atoms with E-state index in [2.05, 4.69) is 33.4 Å². The average molecular weight is 494 g/mol. The molecule has 5 nitrogen and oxygen atoms in total. The van der Waals surface area contributed by atoms with Gasteiger partial charge in [0.1, 0.15) is 0 Å². The minimum Gasteiger partial charge on any atom is -0.465 e. The minimum absolute atomic E-state index is 0.317. The maximum absolute atomic E-state index is 12.1. The van der Waals surface area contributed by atoms with Crippen LogP contribution in [0.5, 0.6) is 0 Å². The second-order valence-corrected chi connectivity index (χ2v) is 12.0. The second kappa shape index (κ2) is 9.40. The number of carbonyl (C=O) groups excluding carboxylic acids is 1. The minimum atomic E-state index is -0.328. The molecule has 4 aliphatic carbocycles. The molecule has 2 heterocycles. The zero-order valence-corrected chi connectivity index (χ0v) is 21.4. The standard InChI is InChI=1S/C29H36ClN3O2/c1-35-28(34)24-5-2-8-31-27(24)18-33-9-3-4-23(17-33)32-26-7-6-22(13-25(26)30)29-14-19-10-20(15-29)12-21(11-19)16-29/h2,5-8,13,19-21,23,32H,3-4,9-12,14-18H2,1H3. The number of ether oxygens (including phenoxy) is 1. The molecule has 5 aliphatic rings. The first-order chi connectivity index (χ1) is 17.0. The molecule has 1 aromatic carbocycles. The van der Waals surface area contributed by atoms with Crippen molar-refractivity contribution in [2.45, 2.75) is 69.4 Å². The predicted molar refractivity (Wildman–Crippen MR) is 139 cm³/mol. The van der Waals surface area contributed by atoms with Crippen LogP contribution in [0.3, 0.4) is 0 Å². The van der Waals surface area contributed by atoms with E-state index in [1.54, 1.807) is 18.3 Å². The molecule has 1 aliphatic heterocycles. The fourth-order valence-corrected chi connectivity index (χ4v) is 8.27. The summed E-state index contributed by atoms with van der Waals surface area (Å²) in [4.78, 5) is 19.0. The van der Waals surface area contributed by atoms with Gasteiger partial charge in [0, 0.05) is 25.3 Å². The number of hydrogen-bond donors (Lipinski definition) is 1. The molecule has 7 rings (SSSR count). The highest BCUT2D eigenvalue weighted by molar-refractivity contribution is 6.33. The summed E-state index contributed by atoms with van der Waals surface area (Å²) in [6.45, 7) is 2.53. The van der Waals surface area contributed by atoms with E-state index in [1.165, 1.54) is 51.2 Å². The van der Waals surface area contributed by atoms with E-state index in [4.69, 9.17) is 16.3 Å². The lowest BCUT2D eigenvalue weighted by Gasteiger charge is -2.57. The maximum Gasteiger partial charge on any atom is 0.339 e. The van der Waals surface area contributed by atoms with Crippen LogP contribution < -0.4 is 5.32 Å². The number of likely N-dealkylation sites (tertiary alicyclic amines) is 1. The van der Waals surface area contributed by atoms with Crippen LogP contribution in [-0.4, -0.2) is 42.1 Å². The van der Waals surface area contributed by atoms with Gasteiger partial charge < -0.3 is 10.1 Å². The SMILES string of the molecule is COC(=O)c1cccnc1CN1CCCC(Nc2ccc(C34CC5CC(CC(C5)C3)C4)cc2Cl)C1. The summed E-state index contributed by atoms with van der Waals surface area (Å²) in [5, 5.41) is 4.58. The quantitative estimate of drug-likeness (QED) is 0.495. The van der Waals surface area contributed by atoms with Crippen molar-refractivity contribution < 1.29 is 9.53 Å². The van der Waals surface area contributed by atoms with E-state index < -0.39 is 0 Å². The Kier molecular flexibility index (Phi) is 6.26. The van der Waals surface area contributed by atoms with Crippen LogP contribution in [0.1, 0.15) is 73.0 Å². The number of piperidine rings is 1. The first-order valence-corrected chi connectivity index (χ1v) is 13.7. The highest BCUT2D eigenvalue weighted by atomic mass is 35.5. The number of hydrogen-bond acceptors (Lipinski definition) is 5. The van der Waals surface area contributed by atoms with E-state index in [1.807, 2.05) is 0 Å². The molecule has 4 bridgehead atoms. The Labute approximate surface area is 213 Å². The number of methoxy groups -OCH3 is 1. The van der Waals surface area contributed by atoms with Gasteiger partial charge in [0.15, 0.2) is 0 Å². The van der Waals surface area contributed by atoms with Gasteiger partial charge in [-0.1, -0.05) is 17.7 Å². The van der Waals surface area contributed by atoms with Crippen molar-refractivity contribution in [1.29, 1.82) is 0 Å². The molecule has 0 spiro atoms. The molecule has 1 N–H and O–H groups in total. The van der Waals surface area contributed by atoms with Crippen LogP contribution in [-0.2, 0) is 16.7 Å². The molecule has 1 saturated heterocycles. The number of halogens is 1. The van der Waals surface area contributed by atoms with Crippen LogP contribution in [0.4, 0.5) is 5.69 Å². The number of anilines is 1. The fraction of sp³-hybridized carbons (Fsp3) is 0.586. The van der Waals surface area contributed by atoms with Crippen LogP contribution in [0.25, 0.3) is 0 Å². The normalized spacial score (nSPS) is 31.9. The molecule has 1 unspecified atom stereocenters. The van der Waals surface area contributed by atoms with Crippen LogP contribution in [0.2, 0.25) is 5.02 Å². The lowest BCUT2D eigenvalue weighted by molar-refractivity contribution is -0.00518. The lowest BCUT2D eigenvalue weighted by Crippen LogP contribution is -2.48. The van der Waals surface area contributed by atoms with E-state index in [-0.39, 0.29) is 5.97 Å². The van der Waals surface area contributed by atoms with E-state index in [9.17, 15) is 4.79 Å². The third-order valence-electron chi connectivity index (χ3n) is 9.15. The summed E-state index contributed by atoms with van der Waals surface area (Å²) < 4.78 is 4.94. The van der Waals surface area contributed by atoms with Gasteiger partial charge in [-0.15, -0.1) is 0 Å². The van der Waals surface area contributed by atoms with Gasteiger partial charge in [0.05, 0.1) is 29.1 Å². The zero-order valence-electron chi connectivity index (χ0n) is 20.6. The van der Waals surface area contributed by atoms with Gasteiger partial charge in [-0.3, -0.25) is 9.88 Å². The number of esters is 1. The summed E-state index contributed by atoms with van der Waals surface area (Å²) in [7, 11) is 1.41. The number of carbonyl (C=O) groups is 1. The monoisotopic (exact) mass is 493 g/mol. The molecular formula is C29H36ClN3O2. The van der Waals surface area contributed by atoms with Gasteiger partial charge >= 0.3 is 5.97 Å². The van der Waals surface area contributed by atoms with Crippen molar-refractivity contribution >= 4 is 23.3 Å². The number of nitrogens with one attached hydrogen (secondary N) is 1. The van der Waals surface area contributed by atoms with Gasteiger partial charge in [0.2, 0.25) is 0 Å². The van der Waals surface area contributed by atoms with E-state index >= 15 is 0 Å². The predicted octanol–water partition coefficient (Wildman–Crippen LogP) is 6.07. The number of aromatic nitrogens is 1. The maximum atomic E-state index is 12.1. The molecule has 0 radical (unpaired) electrons. The van der Waals surface area contributed by atoms with E-state index in [0.717, 1.165) is 60.1 Å². The van der Waals surface area contributed by atoms with Crippen molar-refractivity contribution in [3.8, 4) is 0 Å². The zero-order chi connectivity index (χ0) is 24.0. The Morgan fingerprint density at radius 1 is 1.17 bits per heavy atom. The summed E-state index contributed by atoms with van der Waals surface area (Å²) in [6, 6.07) is 10.7. The number of pyridine rings is 1. The number of rotatable bonds is 6. The Hall–Kier alpha value is -2.11. The largest absolute Gasteiger partial charge is 0.465 e. The molecular weight excluding hydrogens is 458 g/mol. The van der Waals surface area contributed by atoms with Crippen molar-refractivity contribution in [2.75, 3.05) is 25.5 Å². The van der Waals surface area contributed by atoms with Crippen LogP contribution in [0, 0.1) is 17.8 Å². The van der Waals surface area contributed by atoms with Crippen molar-refractivity contribution in [1.82, 2.24) is 9.88 Å². The Morgan fingerprint density at radius 2 is 1.91 bits per heavy atom. The first-order valence-electron chi connectivity index (χ1n) is 13.3. The van der Waals surface area contributed by atoms with Crippen LogP contribution in [0.15, 0.2) is 36.5 Å². The molecule has 186 valence electrons. The van der Waals surface area contributed by atoms with Crippen molar-refractivity contribution in [3.63, 3.8) is 0 Å². The average Bonchev–Trinajstić information content (AvgIpc) is 2.84. The lowest BCUT2D eigenvalue weighted by atomic mass is 9.48. The van der Waals surface area contributed by atoms with E-state index in [0.29, 0.717) is 23.6 Å². The molecule has 6 heteroatoms. The summed E-state index contributed by atoms with van der Waals surface area (Å²) in [5.74, 6) is 2.48. The molecule has 35 heavy (non-hydrogen) atoms. The van der Waals surface area contributed by atoms with Crippen molar-refractivity contribution in [3.05, 3.63) is 58.4 Å². The first kappa shape index (κ1) is 23.3. The highest BCUT2D eigenvalue weighted by Crippen LogP contribution is 2.61. The molecule has 2 aromatic rings. The summed E-state index contributed by atoms with van der Waals surface area (Å²) in [6.07, 6.45) is 12.4. The topological polar surface area (TPSA) is 54.5 Å². The Bertz CT molecular complexity index is 1070. The van der Waals surface area contributed by atoms with Gasteiger partial charge in [-0.05, 0) is 111 Å².